The molecular weight excluding hydrogens is 268 g/mol. The van der Waals surface area contributed by atoms with Crippen molar-refractivity contribution in [2.24, 2.45) is 5.92 Å². The molecule has 0 aliphatic carbocycles. The van der Waals surface area contributed by atoms with E-state index >= 15 is 0 Å². The largest absolute Gasteiger partial charge is 0.320 e. The summed E-state index contributed by atoms with van der Waals surface area (Å²) in [7, 11) is -0.806. The van der Waals surface area contributed by atoms with E-state index in [0.717, 1.165) is 42.9 Å². The van der Waals surface area contributed by atoms with Crippen LogP contribution in [0.15, 0.2) is 5.38 Å². The van der Waals surface area contributed by atoms with Gasteiger partial charge in [-0.1, -0.05) is 0 Å². The number of aromatic nitrogens is 1. The summed E-state index contributed by atoms with van der Waals surface area (Å²) in [5.41, 5.74) is 1.14. The Morgan fingerprint density at radius 3 is 3.06 bits per heavy atom. The second-order valence-electron chi connectivity index (χ2n) is 4.91. The Bertz CT molecular complexity index is 482. The lowest BCUT2D eigenvalue weighted by Crippen LogP contribution is -2.09. The maximum atomic E-state index is 11.4. The molecule has 18 heavy (non-hydrogen) atoms. The number of hydrogen-bond acceptors (Lipinski definition) is 5. The highest BCUT2D eigenvalue weighted by molar-refractivity contribution is 7.91. The Labute approximate surface area is 113 Å². The normalized spacial score (nSPS) is 22.4. The van der Waals surface area contributed by atoms with Crippen molar-refractivity contribution >= 4 is 21.2 Å². The molecular formula is C12H20N2O2S2. The zero-order chi connectivity index (χ0) is 13.0. The van der Waals surface area contributed by atoms with Crippen LogP contribution in [-0.4, -0.2) is 38.5 Å². The van der Waals surface area contributed by atoms with Crippen LogP contribution in [0, 0.1) is 5.92 Å². The molecule has 1 N–H and O–H groups in total. The highest BCUT2D eigenvalue weighted by atomic mass is 32.2. The molecule has 0 saturated carbocycles. The van der Waals surface area contributed by atoms with Gasteiger partial charge in [0, 0.05) is 11.8 Å². The number of aryl methyl sites for hydroxylation is 1. The molecule has 0 radical (unpaired) electrons. The second-order valence-corrected chi connectivity index (χ2v) is 8.08. The van der Waals surface area contributed by atoms with Gasteiger partial charge in [-0.2, -0.15) is 0 Å². The highest BCUT2D eigenvalue weighted by Gasteiger charge is 2.28. The summed E-state index contributed by atoms with van der Waals surface area (Å²) >= 11 is 1.67. The van der Waals surface area contributed by atoms with Gasteiger partial charge in [-0.25, -0.2) is 13.4 Å². The van der Waals surface area contributed by atoms with E-state index < -0.39 is 9.84 Å². The van der Waals surface area contributed by atoms with Gasteiger partial charge >= 0.3 is 0 Å². The standard InChI is InChI=1S/C12H20N2O2S2/c1-13-5-2-3-11-8-17-12(14-11)7-10-4-6-18(15,16)9-10/h8,10,13H,2-7,9H2,1H3. The van der Waals surface area contributed by atoms with E-state index in [4.69, 9.17) is 0 Å². The first kappa shape index (κ1) is 14.0. The molecule has 1 aliphatic heterocycles. The molecule has 0 bridgehead atoms. The third kappa shape index (κ3) is 4.03. The first-order chi connectivity index (χ1) is 8.59. The minimum absolute atomic E-state index is 0.284. The van der Waals surface area contributed by atoms with Crippen LogP contribution in [0.3, 0.4) is 0 Å². The molecule has 1 fully saturated rings. The minimum atomic E-state index is -2.76. The molecule has 4 nitrogen and oxygen atoms in total. The summed E-state index contributed by atoms with van der Waals surface area (Å²) < 4.78 is 22.8. The molecule has 1 aromatic rings. The minimum Gasteiger partial charge on any atom is -0.320 e. The van der Waals surface area contributed by atoms with Crippen LogP contribution in [-0.2, 0) is 22.7 Å². The predicted molar refractivity (Wildman–Crippen MR) is 74.8 cm³/mol. The summed E-state index contributed by atoms with van der Waals surface area (Å²) in [6.45, 7) is 1.01. The van der Waals surface area contributed by atoms with Crippen molar-refractivity contribution in [2.45, 2.75) is 25.7 Å². The Morgan fingerprint density at radius 1 is 1.56 bits per heavy atom. The Hall–Kier alpha value is -0.460. The topological polar surface area (TPSA) is 59.1 Å². The van der Waals surface area contributed by atoms with E-state index in [0.29, 0.717) is 11.5 Å². The van der Waals surface area contributed by atoms with Crippen LogP contribution in [0.25, 0.3) is 0 Å². The van der Waals surface area contributed by atoms with Crippen LogP contribution in [0.5, 0.6) is 0 Å². The van der Waals surface area contributed by atoms with Crippen molar-refractivity contribution < 1.29 is 8.42 Å². The third-order valence-corrected chi connectivity index (χ3v) is 6.01. The van der Waals surface area contributed by atoms with Crippen molar-refractivity contribution in [3.63, 3.8) is 0 Å². The van der Waals surface area contributed by atoms with E-state index in [9.17, 15) is 8.42 Å². The highest BCUT2D eigenvalue weighted by Crippen LogP contribution is 2.24. The molecule has 0 amide bonds. The number of thiazole rings is 1. The first-order valence-electron chi connectivity index (χ1n) is 6.37. The maximum absolute atomic E-state index is 11.4. The fraction of sp³-hybridized carbons (Fsp3) is 0.750. The fourth-order valence-electron chi connectivity index (χ4n) is 2.28. The molecule has 102 valence electrons. The molecule has 1 atom stereocenters. The van der Waals surface area contributed by atoms with Crippen LogP contribution in [0.4, 0.5) is 0 Å². The van der Waals surface area contributed by atoms with Crippen LogP contribution in [0.2, 0.25) is 0 Å². The van der Waals surface area contributed by atoms with Gasteiger partial charge in [0.15, 0.2) is 9.84 Å². The van der Waals surface area contributed by atoms with Crippen molar-refractivity contribution in [3.05, 3.63) is 16.1 Å². The molecule has 2 rings (SSSR count). The Morgan fingerprint density at radius 2 is 2.39 bits per heavy atom. The zero-order valence-corrected chi connectivity index (χ0v) is 12.3. The number of hydrogen-bond donors (Lipinski definition) is 1. The predicted octanol–water partition coefficient (Wildman–Crippen LogP) is 1.27. The van der Waals surface area contributed by atoms with Gasteiger partial charge in [0.2, 0.25) is 0 Å². The van der Waals surface area contributed by atoms with E-state index in [-0.39, 0.29) is 5.92 Å². The average molecular weight is 288 g/mol. The molecule has 1 aliphatic rings. The summed E-state index contributed by atoms with van der Waals surface area (Å²) in [4.78, 5) is 4.59. The molecule has 6 heteroatoms. The number of rotatable bonds is 6. The number of nitrogens with one attached hydrogen (secondary N) is 1. The van der Waals surface area contributed by atoms with Crippen LogP contribution < -0.4 is 5.32 Å². The van der Waals surface area contributed by atoms with Gasteiger partial charge in [-0.05, 0) is 38.8 Å². The fourth-order valence-corrected chi connectivity index (χ4v) is 5.09. The summed E-state index contributed by atoms with van der Waals surface area (Å²) in [6, 6.07) is 0. The summed E-state index contributed by atoms with van der Waals surface area (Å²) in [5.74, 6) is 0.992. The first-order valence-corrected chi connectivity index (χ1v) is 9.07. The maximum Gasteiger partial charge on any atom is 0.150 e. The molecule has 2 heterocycles. The van der Waals surface area contributed by atoms with Gasteiger partial charge in [-0.15, -0.1) is 11.3 Å². The van der Waals surface area contributed by atoms with Crippen LogP contribution in [0.1, 0.15) is 23.5 Å². The van der Waals surface area contributed by atoms with E-state index in [1.807, 2.05) is 7.05 Å². The molecule has 0 spiro atoms. The van der Waals surface area contributed by atoms with E-state index in [1.54, 1.807) is 11.3 Å². The van der Waals surface area contributed by atoms with E-state index in [1.165, 1.54) is 0 Å². The number of nitrogens with zero attached hydrogens (tertiary/aromatic N) is 1. The van der Waals surface area contributed by atoms with Crippen molar-refractivity contribution in [3.8, 4) is 0 Å². The molecule has 1 aromatic heterocycles. The van der Waals surface area contributed by atoms with Crippen LogP contribution >= 0.6 is 11.3 Å². The average Bonchev–Trinajstić information content (AvgIpc) is 2.87. The zero-order valence-electron chi connectivity index (χ0n) is 10.7. The van der Waals surface area contributed by atoms with Gasteiger partial charge in [0.05, 0.1) is 22.2 Å². The smallest absolute Gasteiger partial charge is 0.150 e. The van der Waals surface area contributed by atoms with Crippen molar-refractivity contribution in [1.82, 2.24) is 10.3 Å². The lowest BCUT2D eigenvalue weighted by atomic mass is 10.1. The molecule has 1 saturated heterocycles. The van der Waals surface area contributed by atoms with Gasteiger partial charge in [0.25, 0.3) is 0 Å². The summed E-state index contributed by atoms with van der Waals surface area (Å²) in [6.07, 6.45) is 3.73. The lowest BCUT2D eigenvalue weighted by Gasteiger charge is -2.03. The quantitative estimate of drug-likeness (QED) is 0.801. The Kier molecular flexibility index (Phi) is 4.75. The van der Waals surface area contributed by atoms with E-state index in [2.05, 4.69) is 15.7 Å². The van der Waals surface area contributed by atoms with Crippen molar-refractivity contribution in [1.29, 1.82) is 0 Å². The lowest BCUT2D eigenvalue weighted by molar-refractivity contribution is 0.581. The van der Waals surface area contributed by atoms with Gasteiger partial charge in [-0.3, -0.25) is 0 Å². The second kappa shape index (κ2) is 6.12. The number of sulfone groups is 1. The van der Waals surface area contributed by atoms with Gasteiger partial charge < -0.3 is 5.32 Å². The molecule has 0 aromatic carbocycles. The third-order valence-electron chi connectivity index (χ3n) is 3.25. The summed E-state index contributed by atoms with van der Waals surface area (Å²) in [5, 5.41) is 6.32. The SMILES string of the molecule is CNCCCc1csc(CC2CCS(=O)(=O)C2)n1. The van der Waals surface area contributed by atoms with Crippen molar-refractivity contribution in [2.75, 3.05) is 25.1 Å². The Balaban J connectivity index is 1.83. The van der Waals surface area contributed by atoms with Gasteiger partial charge in [0.1, 0.15) is 0 Å². The molecule has 1 unspecified atom stereocenters. The monoisotopic (exact) mass is 288 g/mol.